The summed E-state index contributed by atoms with van der Waals surface area (Å²) < 4.78 is 5.31. The zero-order chi connectivity index (χ0) is 13.5. The molecule has 0 atom stereocenters. The van der Waals surface area contributed by atoms with Gasteiger partial charge in [0.2, 0.25) is 0 Å². The summed E-state index contributed by atoms with van der Waals surface area (Å²) in [6.07, 6.45) is 5.52. The van der Waals surface area contributed by atoms with Crippen LogP contribution in [0, 0.1) is 0 Å². The molecule has 1 aromatic rings. The van der Waals surface area contributed by atoms with Crippen LogP contribution in [0.25, 0.3) is 0 Å². The molecule has 0 radical (unpaired) electrons. The van der Waals surface area contributed by atoms with E-state index in [1.165, 1.54) is 6.42 Å². The van der Waals surface area contributed by atoms with Crippen LogP contribution in [0.15, 0.2) is 24.3 Å². The molecule has 0 N–H and O–H groups in total. The molecular weight excluding hydrogens is 244 g/mol. The first-order valence-corrected chi connectivity index (χ1v) is 6.90. The first kappa shape index (κ1) is 13.9. The monoisotopic (exact) mass is 264 g/mol. The molecule has 0 aromatic heterocycles. The topological polar surface area (TPSA) is 44.8 Å². The summed E-state index contributed by atoms with van der Waals surface area (Å²) >= 11 is 0. The minimum Gasteiger partial charge on any atom is -0.494 e. The normalized spacial score (nSPS) is 16.1. The van der Waals surface area contributed by atoms with Gasteiger partial charge in [0.15, 0.2) is 0 Å². The maximum atomic E-state index is 11.8. The van der Waals surface area contributed by atoms with E-state index >= 15 is 0 Å². The van der Waals surface area contributed by atoms with Crippen LogP contribution in [0.4, 0.5) is 0 Å². The highest BCUT2D eigenvalue weighted by atomic mass is 17.2. The van der Waals surface area contributed by atoms with Crippen molar-refractivity contribution in [1.29, 1.82) is 0 Å². The predicted molar refractivity (Wildman–Crippen MR) is 71.0 cm³/mol. The summed E-state index contributed by atoms with van der Waals surface area (Å²) in [4.78, 5) is 21.9. The molecule has 1 aliphatic carbocycles. The Morgan fingerprint density at radius 3 is 2.47 bits per heavy atom. The summed E-state index contributed by atoms with van der Waals surface area (Å²) in [5.41, 5.74) is 0.472. The number of carbonyl (C=O) groups is 1. The van der Waals surface area contributed by atoms with E-state index in [-0.39, 0.29) is 6.10 Å². The molecule has 1 fully saturated rings. The van der Waals surface area contributed by atoms with Crippen molar-refractivity contribution in [3.05, 3.63) is 29.8 Å². The summed E-state index contributed by atoms with van der Waals surface area (Å²) in [5, 5.41) is 0. The molecule has 0 aliphatic heterocycles. The van der Waals surface area contributed by atoms with Crippen LogP contribution in [0.3, 0.4) is 0 Å². The lowest BCUT2D eigenvalue weighted by Gasteiger charge is -2.19. The van der Waals surface area contributed by atoms with E-state index in [4.69, 9.17) is 14.5 Å². The van der Waals surface area contributed by atoms with Gasteiger partial charge in [-0.05, 0) is 44.0 Å². The third-order valence-corrected chi connectivity index (χ3v) is 3.21. The molecular formula is C15H20O4. The largest absolute Gasteiger partial charge is 0.494 e. The Morgan fingerprint density at radius 2 is 1.84 bits per heavy atom. The minimum atomic E-state index is -0.450. The van der Waals surface area contributed by atoms with Gasteiger partial charge in [0, 0.05) is 0 Å². The molecule has 2 rings (SSSR count). The predicted octanol–water partition coefficient (Wildman–Crippen LogP) is 3.51. The van der Waals surface area contributed by atoms with Gasteiger partial charge in [-0.1, -0.05) is 19.3 Å². The highest BCUT2D eigenvalue weighted by molar-refractivity contribution is 5.89. The number of carbonyl (C=O) groups excluding carboxylic acids is 1. The Kier molecular flexibility index (Phi) is 5.21. The maximum absolute atomic E-state index is 11.8. The highest BCUT2D eigenvalue weighted by Gasteiger charge is 2.17. The third kappa shape index (κ3) is 4.24. The second kappa shape index (κ2) is 7.14. The van der Waals surface area contributed by atoms with E-state index < -0.39 is 5.97 Å². The van der Waals surface area contributed by atoms with E-state index in [9.17, 15) is 4.79 Å². The molecule has 0 amide bonds. The van der Waals surface area contributed by atoms with Gasteiger partial charge < -0.3 is 4.74 Å². The van der Waals surface area contributed by atoms with Gasteiger partial charge in [-0.25, -0.2) is 4.79 Å². The van der Waals surface area contributed by atoms with Crippen molar-refractivity contribution < 1.29 is 19.3 Å². The first-order chi connectivity index (χ1) is 9.29. The number of hydrogen-bond acceptors (Lipinski definition) is 4. The SMILES string of the molecule is CCOc1ccc(C(=O)OOC2CCCCC2)cc1. The lowest BCUT2D eigenvalue weighted by atomic mass is 9.98. The molecule has 1 aromatic carbocycles. The van der Waals surface area contributed by atoms with Crippen LogP contribution in [0.1, 0.15) is 49.4 Å². The number of ether oxygens (including phenoxy) is 1. The lowest BCUT2D eigenvalue weighted by Crippen LogP contribution is -2.19. The van der Waals surface area contributed by atoms with Crippen molar-refractivity contribution >= 4 is 5.97 Å². The second-order valence-corrected chi connectivity index (χ2v) is 4.68. The van der Waals surface area contributed by atoms with Crippen LogP contribution >= 0.6 is 0 Å². The summed E-state index contributed by atoms with van der Waals surface area (Å²) in [6.45, 7) is 2.52. The van der Waals surface area contributed by atoms with Gasteiger partial charge in [-0.15, -0.1) is 0 Å². The first-order valence-electron chi connectivity index (χ1n) is 6.90. The zero-order valence-electron chi connectivity index (χ0n) is 11.3. The second-order valence-electron chi connectivity index (χ2n) is 4.68. The third-order valence-electron chi connectivity index (χ3n) is 3.21. The van der Waals surface area contributed by atoms with Crippen molar-refractivity contribution in [3.8, 4) is 5.75 Å². The zero-order valence-corrected chi connectivity index (χ0v) is 11.3. The Balaban J connectivity index is 1.81. The van der Waals surface area contributed by atoms with Gasteiger partial charge in [-0.2, -0.15) is 4.89 Å². The van der Waals surface area contributed by atoms with E-state index in [0.717, 1.165) is 31.4 Å². The number of benzene rings is 1. The van der Waals surface area contributed by atoms with Crippen LogP contribution in [0.2, 0.25) is 0 Å². The molecule has 0 saturated heterocycles. The Labute approximate surface area is 113 Å². The minimum absolute atomic E-state index is 0.0559. The van der Waals surface area contributed by atoms with Crippen LogP contribution in [0.5, 0.6) is 5.75 Å². The van der Waals surface area contributed by atoms with Crippen molar-refractivity contribution in [2.24, 2.45) is 0 Å². The molecule has 0 unspecified atom stereocenters. The van der Waals surface area contributed by atoms with Crippen molar-refractivity contribution in [1.82, 2.24) is 0 Å². The van der Waals surface area contributed by atoms with Crippen molar-refractivity contribution in [2.75, 3.05) is 6.61 Å². The summed E-state index contributed by atoms with van der Waals surface area (Å²) in [7, 11) is 0. The Bertz CT molecular complexity index is 393. The Morgan fingerprint density at radius 1 is 1.16 bits per heavy atom. The summed E-state index contributed by atoms with van der Waals surface area (Å²) in [5.74, 6) is 0.292. The highest BCUT2D eigenvalue weighted by Crippen LogP contribution is 2.21. The standard InChI is InChI=1S/C15H20O4/c1-2-17-13-10-8-12(9-11-13)15(16)19-18-14-6-4-3-5-7-14/h8-11,14H,2-7H2,1H3. The fourth-order valence-electron chi connectivity index (χ4n) is 2.18. The fourth-order valence-corrected chi connectivity index (χ4v) is 2.18. The van der Waals surface area contributed by atoms with Gasteiger partial charge in [0.25, 0.3) is 0 Å². The smallest absolute Gasteiger partial charge is 0.373 e. The number of rotatable bonds is 5. The van der Waals surface area contributed by atoms with E-state index in [0.29, 0.717) is 12.2 Å². The van der Waals surface area contributed by atoms with Gasteiger partial charge >= 0.3 is 5.97 Å². The molecule has 4 heteroatoms. The van der Waals surface area contributed by atoms with Gasteiger partial charge in [0.1, 0.15) is 11.9 Å². The molecule has 0 heterocycles. The average molecular weight is 264 g/mol. The van der Waals surface area contributed by atoms with E-state index in [2.05, 4.69) is 0 Å². The van der Waals surface area contributed by atoms with E-state index in [1.54, 1.807) is 24.3 Å². The summed E-state index contributed by atoms with van der Waals surface area (Å²) in [6, 6.07) is 6.86. The molecule has 4 nitrogen and oxygen atoms in total. The fraction of sp³-hybridized carbons (Fsp3) is 0.533. The van der Waals surface area contributed by atoms with Crippen molar-refractivity contribution in [3.63, 3.8) is 0 Å². The Hall–Kier alpha value is -1.55. The van der Waals surface area contributed by atoms with Crippen molar-refractivity contribution in [2.45, 2.75) is 45.1 Å². The molecule has 1 aliphatic rings. The van der Waals surface area contributed by atoms with Gasteiger partial charge in [-0.3, -0.25) is 4.89 Å². The van der Waals surface area contributed by atoms with Gasteiger partial charge in [0.05, 0.1) is 12.2 Å². The molecule has 0 bridgehead atoms. The number of hydrogen-bond donors (Lipinski definition) is 0. The van der Waals surface area contributed by atoms with Crippen LogP contribution < -0.4 is 4.74 Å². The molecule has 1 saturated carbocycles. The van der Waals surface area contributed by atoms with Crippen LogP contribution in [-0.2, 0) is 9.78 Å². The van der Waals surface area contributed by atoms with E-state index in [1.807, 2.05) is 6.92 Å². The lowest BCUT2D eigenvalue weighted by molar-refractivity contribution is -0.279. The molecule has 19 heavy (non-hydrogen) atoms. The molecule has 0 spiro atoms. The van der Waals surface area contributed by atoms with Crippen LogP contribution in [-0.4, -0.2) is 18.7 Å². The molecule has 104 valence electrons. The average Bonchev–Trinajstić information content (AvgIpc) is 2.47. The quantitative estimate of drug-likeness (QED) is 0.603. The maximum Gasteiger partial charge on any atom is 0.373 e.